The van der Waals surface area contributed by atoms with Gasteiger partial charge in [-0.1, -0.05) is 13.8 Å². The summed E-state index contributed by atoms with van der Waals surface area (Å²) in [5.74, 6) is -1.16. The van der Waals surface area contributed by atoms with Crippen molar-refractivity contribution in [3.05, 3.63) is 0 Å². The van der Waals surface area contributed by atoms with E-state index in [4.69, 9.17) is 10.0 Å². The maximum Gasteiger partial charge on any atom is 0.475 e. The maximum atomic E-state index is 11.8. The zero-order chi connectivity index (χ0) is 13.0. The molecule has 0 spiro atoms. The molecule has 0 radical (unpaired) electrons. The molecule has 1 aliphatic heterocycles. The van der Waals surface area contributed by atoms with E-state index >= 15 is 0 Å². The van der Waals surface area contributed by atoms with Gasteiger partial charge in [-0.2, -0.15) is 0 Å². The molecule has 2 amide bonds. The minimum absolute atomic E-state index is 0.0831. The maximum absolute atomic E-state index is 11.8. The number of rotatable bonds is 4. The SMILES string of the molecule is CC(C)C(=O)NCC(=O)N1CCCC1B(O)O. The van der Waals surface area contributed by atoms with E-state index in [1.807, 2.05) is 0 Å². The molecule has 1 unspecified atom stereocenters. The highest BCUT2D eigenvalue weighted by atomic mass is 16.4. The molecule has 1 fully saturated rings. The average Bonchev–Trinajstić information content (AvgIpc) is 2.73. The Morgan fingerprint density at radius 3 is 2.65 bits per heavy atom. The van der Waals surface area contributed by atoms with Crippen LogP contribution < -0.4 is 5.32 Å². The second-order valence-corrected chi connectivity index (χ2v) is 4.58. The van der Waals surface area contributed by atoms with Gasteiger partial charge in [-0.3, -0.25) is 9.59 Å². The summed E-state index contributed by atoms with van der Waals surface area (Å²) in [6, 6.07) is 0. The zero-order valence-electron chi connectivity index (χ0n) is 10.2. The Hall–Kier alpha value is -1.08. The van der Waals surface area contributed by atoms with Crippen LogP contribution in [-0.4, -0.2) is 52.9 Å². The monoisotopic (exact) mass is 242 g/mol. The van der Waals surface area contributed by atoms with Crippen LogP contribution in [0.15, 0.2) is 0 Å². The normalized spacial score (nSPS) is 19.6. The molecular formula is C10H19BN2O4. The first-order chi connectivity index (χ1) is 7.93. The first-order valence-corrected chi connectivity index (χ1v) is 5.86. The van der Waals surface area contributed by atoms with E-state index in [1.165, 1.54) is 4.90 Å². The van der Waals surface area contributed by atoms with E-state index in [-0.39, 0.29) is 24.3 Å². The van der Waals surface area contributed by atoms with E-state index in [0.717, 1.165) is 6.42 Å². The Kier molecular flexibility index (Phi) is 4.95. The summed E-state index contributed by atoms with van der Waals surface area (Å²) >= 11 is 0. The topological polar surface area (TPSA) is 89.9 Å². The Morgan fingerprint density at radius 2 is 2.12 bits per heavy atom. The fraction of sp³-hybridized carbons (Fsp3) is 0.800. The third kappa shape index (κ3) is 3.71. The van der Waals surface area contributed by atoms with Crippen LogP contribution >= 0.6 is 0 Å². The lowest BCUT2D eigenvalue weighted by molar-refractivity contribution is -0.133. The van der Waals surface area contributed by atoms with Gasteiger partial charge in [0.1, 0.15) is 0 Å². The lowest BCUT2D eigenvalue weighted by Crippen LogP contribution is -2.49. The Balaban J connectivity index is 2.44. The standard InChI is InChI=1S/C10H19BN2O4/c1-7(2)10(15)12-6-9(14)13-5-3-4-8(13)11(16)17/h7-8,16-17H,3-6H2,1-2H3,(H,12,15). The predicted octanol–water partition coefficient (Wildman–Crippen LogP) is -1.24. The summed E-state index contributed by atoms with van der Waals surface area (Å²) in [4.78, 5) is 24.5. The van der Waals surface area contributed by atoms with Gasteiger partial charge in [-0.15, -0.1) is 0 Å². The van der Waals surface area contributed by atoms with Crippen molar-refractivity contribution >= 4 is 18.9 Å². The van der Waals surface area contributed by atoms with Crippen LogP contribution in [0.4, 0.5) is 0 Å². The summed E-state index contributed by atoms with van der Waals surface area (Å²) in [7, 11) is -1.51. The van der Waals surface area contributed by atoms with Crippen LogP contribution in [0.25, 0.3) is 0 Å². The Morgan fingerprint density at radius 1 is 1.47 bits per heavy atom. The third-order valence-electron chi connectivity index (χ3n) is 2.90. The third-order valence-corrected chi connectivity index (χ3v) is 2.90. The minimum atomic E-state index is -1.51. The van der Waals surface area contributed by atoms with E-state index in [0.29, 0.717) is 13.0 Å². The highest BCUT2D eigenvalue weighted by molar-refractivity contribution is 6.43. The van der Waals surface area contributed by atoms with Crippen LogP contribution in [0.5, 0.6) is 0 Å². The number of carbonyl (C=O) groups excluding carboxylic acids is 2. The van der Waals surface area contributed by atoms with Gasteiger partial charge >= 0.3 is 7.12 Å². The zero-order valence-corrected chi connectivity index (χ0v) is 10.2. The molecule has 1 atom stereocenters. The van der Waals surface area contributed by atoms with Crippen LogP contribution in [0.2, 0.25) is 0 Å². The molecule has 96 valence electrons. The van der Waals surface area contributed by atoms with Gasteiger partial charge in [-0.25, -0.2) is 0 Å². The van der Waals surface area contributed by atoms with Crippen LogP contribution in [0, 0.1) is 5.92 Å². The molecule has 3 N–H and O–H groups in total. The predicted molar refractivity (Wildman–Crippen MR) is 62.8 cm³/mol. The van der Waals surface area contributed by atoms with Crippen LogP contribution in [-0.2, 0) is 9.59 Å². The number of nitrogens with zero attached hydrogens (tertiary/aromatic N) is 1. The molecule has 0 aromatic heterocycles. The van der Waals surface area contributed by atoms with Crippen molar-refractivity contribution in [1.29, 1.82) is 0 Å². The summed E-state index contributed by atoms with van der Waals surface area (Å²) in [5.41, 5.74) is 0. The van der Waals surface area contributed by atoms with Crippen LogP contribution in [0.3, 0.4) is 0 Å². The van der Waals surface area contributed by atoms with Crippen molar-refractivity contribution in [2.45, 2.75) is 32.6 Å². The summed E-state index contributed by atoms with van der Waals surface area (Å²) in [6.07, 6.45) is 1.34. The van der Waals surface area contributed by atoms with Crippen molar-refractivity contribution in [3.8, 4) is 0 Å². The van der Waals surface area contributed by atoms with Gasteiger partial charge < -0.3 is 20.3 Å². The van der Waals surface area contributed by atoms with Crippen molar-refractivity contribution in [2.24, 2.45) is 5.92 Å². The quantitative estimate of drug-likeness (QED) is 0.538. The van der Waals surface area contributed by atoms with Crippen LogP contribution in [0.1, 0.15) is 26.7 Å². The highest BCUT2D eigenvalue weighted by Gasteiger charge is 2.36. The molecule has 0 saturated carbocycles. The molecule has 1 rings (SSSR count). The first-order valence-electron chi connectivity index (χ1n) is 5.86. The van der Waals surface area contributed by atoms with Crippen molar-refractivity contribution in [1.82, 2.24) is 10.2 Å². The molecule has 1 heterocycles. The lowest BCUT2D eigenvalue weighted by Gasteiger charge is -2.24. The fourth-order valence-electron chi connectivity index (χ4n) is 1.88. The van der Waals surface area contributed by atoms with E-state index in [9.17, 15) is 9.59 Å². The van der Waals surface area contributed by atoms with Crippen molar-refractivity contribution in [2.75, 3.05) is 13.1 Å². The second-order valence-electron chi connectivity index (χ2n) is 4.58. The minimum Gasteiger partial charge on any atom is -0.426 e. The number of nitrogens with one attached hydrogen (secondary N) is 1. The molecule has 0 aliphatic carbocycles. The molecule has 0 bridgehead atoms. The van der Waals surface area contributed by atoms with E-state index in [2.05, 4.69) is 5.32 Å². The van der Waals surface area contributed by atoms with E-state index in [1.54, 1.807) is 13.8 Å². The fourth-order valence-corrected chi connectivity index (χ4v) is 1.88. The van der Waals surface area contributed by atoms with Gasteiger partial charge in [0, 0.05) is 12.5 Å². The average molecular weight is 242 g/mol. The molecule has 1 saturated heterocycles. The van der Waals surface area contributed by atoms with Gasteiger partial charge in [0.25, 0.3) is 0 Å². The first kappa shape index (κ1) is 14.0. The summed E-state index contributed by atoms with van der Waals surface area (Å²) in [6.45, 7) is 3.92. The lowest BCUT2D eigenvalue weighted by atomic mass is 9.78. The largest absolute Gasteiger partial charge is 0.475 e. The number of hydrogen-bond acceptors (Lipinski definition) is 4. The van der Waals surface area contributed by atoms with Crippen molar-refractivity contribution in [3.63, 3.8) is 0 Å². The Labute approximate surface area is 101 Å². The van der Waals surface area contributed by atoms with E-state index < -0.39 is 13.1 Å². The molecule has 1 aliphatic rings. The molecule has 0 aromatic carbocycles. The van der Waals surface area contributed by atoms with Gasteiger partial charge in [0.15, 0.2) is 0 Å². The smallest absolute Gasteiger partial charge is 0.426 e. The highest BCUT2D eigenvalue weighted by Crippen LogP contribution is 2.17. The molecular weight excluding hydrogens is 223 g/mol. The number of likely N-dealkylation sites (tertiary alicyclic amines) is 1. The molecule has 7 heteroatoms. The van der Waals surface area contributed by atoms with Gasteiger partial charge in [0.2, 0.25) is 11.8 Å². The molecule has 6 nitrogen and oxygen atoms in total. The van der Waals surface area contributed by atoms with Gasteiger partial charge in [0.05, 0.1) is 12.5 Å². The summed E-state index contributed by atoms with van der Waals surface area (Å²) in [5, 5.41) is 20.7. The van der Waals surface area contributed by atoms with Crippen molar-refractivity contribution < 1.29 is 19.6 Å². The number of hydrogen-bond donors (Lipinski definition) is 3. The van der Waals surface area contributed by atoms with Gasteiger partial charge in [-0.05, 0) is 12.8 Å². The number of amides is 2. The Bertz CT molecular complexity index is 296. The molecule has 0 aromatic rings. The number of carbonyl (C=O) groups is 2. The second kappa shape index (κ2) is 6.02. The molecule has 17 heavy (non-hydrogen) atoms. The summed E-state index contributed by atoms with van der Waals surface area (Å²) < 4.78 is 0.